The molecule has 0 saturated heterocycles. The van der Waals surface area contributed by atoms with Gasteiger partial charge in [-0.3, -0.25) is 4.79 Å². The van der Waals surface area contributed by atoms with Crippen molar-refractivity contribution in [3.8, 4) is 17.2 Å². The SMILES string of the molecule is COc1cc2ncnc(Nc3cc(Cl)c(Oc4cccc(F)c4)cc3C(C)(C)O)c2cc1NC(=O)C=CCN(C)C. The molecule has 4 rings (SSSR count). The number of methoxy groups -OCH3 is 1. The van der Waals surface area contributed by atoms with E-state index in [4.69, 9.17) is 21.1 Å². The summed E-state index contributed by atoms with van der Waals surface area (Å²) >= 11 is 6.56. The molecule has 41 heavy (non-hydrogen) atoms. The highest BCUT2D eigenvalue weighted by molar-refractivity contribution is 6.32. The van der Waals surface area contributed by atoms with Crippen molar-refractivity contribution in [1.29, 1.82) is 0 Å². The molecule has 0 radical (unpaired) electrons. The monoisotopic (exact) mass is 579 g/mol. The fourth-order valence-corrected chi connectivity index (χ4v) is 4.22. The van der Waals surface area contributed by atoms with E-state index in [1.165, 1.54) is 37.7 Å². The molecule has 9 nitrogen and oxygen atoms in total. The zero-order valence-electron chi connectivity index (χ0n) is 23.3. The molecule has 1 aromatic heterocycles. The number of hydrogen-bond acceptors (Lipinski definition) is 8. The van der Waals surface area contributed by atoms with E-state index in [2.05, 4.69) is 20.6 Å². The lowest BCUT2D eigenvalue weighted by atomic mass is 9.96. The number of aliphatic hydroxyl groups is 1. The maximum atomic E-state index is 13.7. The highest BCUT2D eigenvalue weighted by Crippen LogP contribution is 2.41. The van der Waals surface area contributed by atoms with Gasteiger partial charge in [-0.15, -0.1) is 0 Å². The van der Waals surface area contributed by atoms with E-state index in [1.54, 1.807) is 50.3 Å². The number of rotatable bonds is 10. The molecule has 214 valence electrons. The molecule has 0 aliphatic heterocycles. The Morgan fingerprint density at radius 2 is 1.90 bits per heavy atom. The summed E-state index contributed by atoms with van der Waals surface area (Å²) in [6.45, 7) is 3.85. The topological polar surface area (TPSA) is 109 Å². The van der Waals surface area contributed by atoms with Gasteiger partial charge in [-0.05, 0) is 58.3 Å². The lowest BCUT2D eigenvalue weighted by Gasteiger charge is -2.24. The molecule has 3 aromatic carbocycles. The van der Waals surface area contributed by atoms with E-state index in [-0.39, 0.29) is 22.4 Å². The highest BCUT2D eigenvalue weighted by atomic mass is 35.5. The van der Waals surface area contributed by atoms with E-state index in [9.17, 15) is 14.3 Å². The van der Waals surface area contributed by atoms with Gasteiger partial charge in [-0.1, -0.05) is 23.7 Å². The van der Waals surface area contributed by atoms with Crippen LogP contribution in [0.1, 0.15) is 19.4 Å². The smallest absolute Gasteiger partial charge is 0.248 e. The second kappa shape index (κ2) is 12.5. The van der Waals surface area contributed by atoms with Crippen LogP contribution in [0.15, 0.2) is 67.0 Å². The zero-order chi connectivity index (χ0) is 29.7. The first-order valence-corrected chi connectivity index (χ1v) is 13.0. The highest BCUT2D eigenvalue weighted by Gasteiger charge is 2.24. The minimum Gasteiger partial charge on any atom is -0.494 e. The summed E-state index contributed by atoms with van der Waals surface area (Å²) in [5.41, 5.74) is 0.575. The van der Waals surface area contributed by atoms with Gasteiger partial charge in [0.15, 0.2) is 0 Å². The molecular formula is C30H31ClFN5O4. The Balaban J connectivity index is 1.72. The van der Waals surface area contributed by atoms with Crippen molar-refractivity contribution in [3.63, 3.8) is 0 Å². The largest absolute Gasteiger partial charge is 0.494 e. The van der Waals surface area contributed by atoms with Gasteiger partial charge in [0.1, 0.15) is 35.2 Å². The number of fused-ring (bicyclic) bond motifs is 1. The third kappa shape index (κ3) is 7.49. The summed E-state index contributed by atoms with van der Waals surface area (Å²) in [6, 6.07) is 12.3. The molecule has 0 aliphatic rings. The van der Waals surface area contributed by atoms with Gasteiger partial charge in [0.25, 0.3) is 0 Å². The molecule has 1 amide bonds. The first-order chi connectivity index (χ1) is 19.4. The van der Waals surface area contributed by atoms with E-state index >= 15 is 0 Å². The van der Waals surface area contributed by atoms with E-state index in [0.29, 0.717) is 46.0 Å². The van der Waals surface area contributed by atoms with Crippen LogP contribution in [0.25, 0.3) is 10.9 Å². The Morgan fingerprint density at radius 3 is 2.59 bits per heavy atom. The average Bonchev–Trinajstić information content (AvgIpc) is 2.89. The summed E-state index contributed by atoms with van der Waals surface area (Å²) in [6.07, 6.45) is 4.59. The molecule has 0 aliphatic carbocycles. The first kappa shape index (κ1) is 29.7. The fourth-order valence-electron chi connectivity index (χ4n) is 4.02. The third-order valence-electron chi connectivity index (χ3n) is 5.96. The number of nitrogens with zero attached hydrogens (tertiary/aromatic N) is 3. The molecule has 0 unspecified atom stereocenters. The van der Waals surface area contributed by atoms with Crippen LogP contribution in [0.2, 0.25) is 5.02 Å². The normalized spacial score (nSPS) is 11.7. The van der Waals surface area contributed by atoms with Gasteiger partial charge in [-0.25, -0.2) is 14.4 Å². The van der Waals surface area contributed by atoms with Gasteiger partial charge in [0, 0.05) is 41.4 Å². The van der Waals surface area contributed by atoms with Gasteiger partial charge >= 0.3 is 0 Å². The Bertz CT molecular complexity index is 1600. The molecule has 0 saturated carbocycles. The van der Waals surface area contributed by atoms with Gasteiger partial charge < -0.3 is 30.1 Å². The second-order valence-electron chi connectivity index (χ2n) is 10.0. The van der Waals surface area contributed by atoms with Gasteiger partial charge in [-0.2, -0.15) is 0 Å². The molecule has 0 atom stereocenters. The van der Waals surface area contributed by atoms with Crippen molar-refractivity contribution in [2.45, 2.75) is 19.4 Å². The molecule has 0 fully saturated rings. The molecular weight excluding hydrogens is 549 g/mol. The first-order valence-electron chi connectivity index (χ1n) is 12.7. The van der Waals surface area contributed by atoms with Crippen molar-refractivity contribution in [2.75, 3.05) is 38.4 Å². The Hall–Kier alpha value is -4.25. The van der Waals surface area contributed by atoms with Crippen LogP contribution in [-0.2, 0) is 10.4 Å². The maximum absolute atomic E-state index is 13.7. The third-order valence-corrected chi connectivity index (χ3v) is 6.26. The Kier molecular flexibility index (Phi) is 9.07. The number of benzene rings is 3. The van der Waals surface area contributed by atoms with Crippen LogP contribution in [0, 0.1) is 5.82 Å². The van der Waals surface area contributed by atoms with Crippen LogP contribution in [0.5, 0.6) is 17.2 Å². The summed E-state index contributed by atoms with van der Waals surface area (Å²) in [4.78, 5) is 23.2. The summed E-state index contributed by atoms with van der Waals surface area (Å²) < 4.78 is 25.0. The van der Waals surface area contributed by atoms with Crippen LogP contribution < -0.4 is 20.1 Å². The lowest BCUT2D eigenvalue weighted by Crippen LogP contribution is -2.18. The number of anilines is 3. The Morgan fingerprint density at radius 1 is 1.12 bits per heavy atom. The van der Waals surface area contributed by atoms with E-state index in [1.807, 2.05) is 19.0 Å². The minimum atomic E-state index is -1.32. The molecule has 11 heteroatoms. The van der Waals surface area contributed by atoms with Crippen LogP contribution in [0.4, 0.5) is 21.6 Å². The standard InChI is InChI=1S/C30H31ClFN5O4/c1-30(2,39)21-14-26(41-19-9-6-8-18(32)12-19)22(31)15-24(21)36-29-20-13-25(35-28(38)10-7-11-37(3)4)27(40-5)16-23(20)33-17-34-29/h6-10,12-17,39H,11H2,1-5H3,(H,35,38)(H,33,34,36). The van der Waals surface area contributed by atoms with Crippen molar-refractivity contribution < 1.29 is 23.8 Å². The average molecular weight is 580 g/mol. The minimum absolute atomic E-state index is 0.224. The number of carbonyl (C=O) groups is 1. The number of aromatic nitrogens is 2. The van der Waals surface area contributed by atoms with Crippen molar-refractivity contribution >= 4 is 45.6 Å². The van der Waals surface area contributed by atoms with Crippen LogP contribution in [0.3, 0.4) is 0 Å². The fraction of sp³-hybridized carbons (Fsp3) is 0.233. The summed E-state index contributed by atoms with van der Waals surface area (Å²) in [7, 11) is 5.32. The quantitative estimate of drug-likeness (QED) is 0.189. The van der Waals surface area contributed by atoms with Crippen LogP contribution >= 0.6 is 11.6 Å². The van der Waals surface area contributed by atoms with E-state index in [0.717, 1.165) is 0 Å². The predicted molar refractivity (Wildman–Crippen MR) is 159 cm³/mol. The number of hydrogen-bond donors (Lipinski definition) is 3. The summed E-state index contributed by atoms with van der Waals surface area (Å²) in [5, 5.41) is 17.9. The molecule has 0 spiro atoms. The number of amides is 1. The maximum Gasteiger partial charge on any atom is 0.248 e. The molecule has 0 bridgehead atoms. The van der Waals surface area contributed by atoms with Gasteiger partial charge in [0.05, 0.1) is 28.9 Å². The van der Waals surface area contributed by atoms with Crippen molar-refractivity contribution in [3.05, 3.63) is 83.4 Å². The zero-order valence-corrected chi connectivity index (χ0v) is 24.1. The molecule has 3 N–H and O–H groups in total. The number of likely N-dealkylation sites (N-methyl/N-ethyl adjacent to an activating group) is 1. The van der Waals surface area contributed by atoms with Gasteiger partial charge in [0.2, 0.25) is 5.91 Å². The van der Waals surface area contributed by atoms with Crippen molar-refractivity contribution in [2.24, 2.45) is 0 Å². The lowest BCUT2D eigenvalue weighted by molar-refractivity contribution is -0.111. The van der Waals surface area contributed by atoms with Crippen molar-refractivity contribution in [1.82, 2.24) is 14.9 Å². The van der Waals surface area contributed by atoms with Crippen LogP contribution in [-0.4, -0.2) is 53.6 Å². The number of ether oxygens (including phenoxy) is 2. The summed E-state index contributed by atoms with van der Waals surface area (Å²) in [5.74, 6) is 0.556. The predicted octanol–water partition coefficient (Wildman–Crippen LogP) is 6.25. The molecule has 1 heterocycles. The number of nitrogens with one attached hydrogen (secondary N) is 2. The number of halogens is 2. The Labute approximate surface area is 242 Å². The second-order valence-corrected chi connectivity index (χ2v) is 10.4. The van der Waals surface area contributed by atoms with E-state index < -0.39 is 11.4 Å². The number of carbonyl (C=O) groups excluding carboxylic acids is 1. The molecule has 4 aromatic rings.